The zero-order chi connectivity index (χ0) is 16.2. The van der Waals surface area contributed by atoms with E-state index in [2.05, 4.69) is 27.1 Å². The number of aromatic nitrogens is 1. The molecule has 0 spiro atoms. The smallest absolute Gasteiger partial charge is 0.224 e. The molecule has 1 aromatic heterocycles. The minimum Gasteiger partial charge on any atom is -0.361 e. The largest absolute Gasteiger partial charge is 0.361 e. The van der Waals surface area contributed by atoms with Gasteiger partial charge in [0.1, 0.15) is 5.82 Å². The van der Waals surface area contributed by atoms with E-state index in [0.29, 0.717) is 13.0 Å². The number of amides is 1. The summed E-state index contributed by atoms with van der Waals surface area (Å²) in [7, 11) is 2.13. The molecule has 1 aliphatic rings. The lowest BCUT2D eigenvalue weighted by molar-refractivity contribution is -0.120. The van der Waals surface area contributed by atoms with Crippen molar-refractivity contribution in [2.45, 2.75) is 6.42 Å². The predicted molar refractivity (Wildman–Crippen MR) is 88.9 cm³/mol. The van der Waals surface area contributed by atoms with Crippen molar-refractivity contribution in [2.24, 2.45) is 0 Å². The Labute approximate surface area is 135 Å². The SMILES string of the molecule is CN1CCN(CCNC(=O)Cc2c[nH]c3cc(F)ccc23)CC1. The molecule has 5 nitrogen and oxygen atoms in total. The maximum Gasteiger partial charge on any atom is 0.224 e. The molecule has 1 aromatic carbocycles. The number of rotatable bonds is 5. The highest BCUT2D eigenvalue weighted by molar-refractivity contribution is 5.88. The Hall–Kier alpha value is -1.92. The molecule has 2 heterocycles. The van der Waals surface area contributed by atoms with Crippen LogP contribution in [0.25, 0.3) is 10.9 Å². The van der Waals surface area contributed by atoms with Gasteiger partial charge in [0.25, 0.3) is 0 Å². The second kappa shape index (κ2) is 7.10. The van der Waals surface area contributed by atoms with Crippen molar-refractivity contribution in [3.05, 3.63) is 35.8 Å². The second-order valence-electron chi connectivity index (χ2n) is 6.18. The number of hydrogen-bond acceptors (Lipinski definition) is 3. The van der Waals surface area contributed by atoms with Crippen LogP contribution in [0, 0.1) is 5.82 Å². The maximum absolute atomic E-state index is 13.2. The van der Waals surface area contributed by atoms with E-state index in [4.69, 9.17) is 0 Å². The first kappa shape index (κ1) is 16.0. The van der Waals surface area contributed by atoms with E-state index in [1.54, 1.807) is 12.3 Å². The Morgan fingerprint density at radius 3 is 2.87 bits per heavy atom. The fourth-order valence-electron chi connectivity index (χ4n) is 2.97. The van der Waals surface area contributed by atoms with Crippen LogP contribution >= 0.6 is 0 Å². The molecule has 124 valence electrons. The van der Waals surface area contributed by atoms with Crippen molar-refractivity contribution >= 4 is 16.8 Å². The van der Waals surface area contributed by atoms with E-state index in [9.17, 15) is 9.18 Å². The number of fused-ring (bicyclic) bond motifs is 1. The summed E-state index contributed by atoms with van der Waals surface area (Å²) in [5, 5.41) is 3.88. The summed E-state index contributed by atoms with van der Waals surface area (Å²) in [6.45, 7) is 5.83. The molecular formula is C17H23FN4O. The van der Waals surface area contributed by atoms with Gasteiger partial charge in [-0.05, 0) is 30.8 Å². The Kier molecular flexibility index (Phi) is 4.93. The Bertz CT molecular complexity index is 676. The highest BCUT2D eigenvalue weighted by Gasteiger charge is 2.14. The number of piperazine rings is 1. The summed E-state index contributed by atoms with van der Waals surface area (Å²) in [6, 6.07) is 4.59. The molecular weight excluding hydrogens is 295 g/mol. The molecule has 1 fully saturated rings. The number of hydrogen-bond donors (Lipinski definition) is 2. The van der Waals surface area contributed by atoms with Crippen LogP contribution in [0.4, 0.5) is 4.39 Å². The first-order valence-electron chi connectivity index (χ1n) is 8.05. The maximum atomic E-state index is 13.2. The average Bonchev–Trinajstić information content (AvgIpc) is 2.91. The first-order chi connectivity index (χ1) is 11.1. The van der Waals surface area contributed by atoms with E-state index in [-0.39, 0.29) is 11.7 Å². The zero-order valence-corrected chi connectivity index (χ0v) is 13.4. The molecule has 0 saturated carbocycles. The van der Waals surface area contributed by atoms with Crippen LogP contribution in [0.1, 0.15) is 5.56 Å². The van der Waals surface area contributed by atoms with Gasteiger partial charge in [-0.2, -0.15) is 0 Å². The Morgan fingerprint density at radius 2 is 2.09 bits per heavy atom. The van der Waals surface area contributed by atoms with Crippen LogP contribution in [0.3, 0.4) is 0 Å². The minimum atomic E-state index is -0.275. The van der Waals surface area contributed by atoms with Gasteiger partial charge in [-0.25, -0.2) is 4.39 Å². The average molecular weight is 318 g/mol. The lowest BCUT2D eigenvalue weighted by Gasteiger charge is -2.32. The van der Waals surface area contributed by atoms with Crippen molar-refractivity contribution in [3.8, 4) is 0 Å². The number of likely N-dealkylation sites (N-methyl/N-ethyl adjacent to an activating group) is 1. The van der Waals surface area contributed by atoms with Gasteiger partial charge in [-0.1, -0.05) is 0 Å². The number of nitrogens with zero attached hydrogens (tertiary/aromatic N) is 2. The third kappa shape index (κ3) is 4.09. The lowest BCUT2D eigenvalue weighted by atomic mass is 10.1. The van der Waals surface area contributed by atoms with Crippen molar-refractivity contribution < 1.29 is 9.18 Å². The third-order valence-electron chi connectivity index (χ3n) is 4.43. The molecule has 0 aliphatic carbocycles. The number of carbonyl (C=O) groups excluding carboxylic acids is 1. The molecule has 0 bridgehead atoms. The first-order valence-corrected chi connectivity index (χ1v) is 8.05. The molecule has 0 atom stereocenters. The molecule has 2 aromatic rings. The van der Waals surface area contributed by atoms with Gasteiger partial charge >= 0.3 is 0 Å². The van der Waals surface area contributed by atoms with E-state index < -0.39 is 0 Å². The van der Waals surface area contributed by atoms with Gasteiger partial charge in [0.15, 0.2) is 0 Å². The summed E-state index contributed by atoms with van der Waals surface area (Å²) >= 11 is 0. The van der Waals surface area contributed by atoms with Gasteiger partial charge in [0.2, 0.25) is 5.91 Å². The summed E-state index contributed by atoms with van der Waals surface area (Å²) in [6.07, 6.45) is 2.10. The van der Waals surface area contributed by atoms with Crippen LogP contribution in [0.5, 0.6) is 0 Å². The lowest BCUT2D eigenvalue weighted by Crippen LogP contribution is -2.47. The highest BCUT2D eigenvalue weighted by atomic mass is 19.1. The van der Waals surface area contributed by atoms with Gasteiger partial charge in [0.05, 0.1) is 6.42 Å². The minimum absolute atomic E-state index is 0.00403. The van der Waals surface area contributed by atoms with Crippen molar-refractivity contribution in [1.82, 2.24) is 20.1 Å². The fourth-order valence-corrected chi connectivity index (χ4v) is 2.97. The van der Waals surface area contributed by atoms with E-state index in [1.807, 2.05) is 0 Å². The third-order valence-corrected chi connectivity index (χ3v) is 4.43. The summed E-state index contributed by atoms with van der Waals surface area (Å²) in [5.41, 5.74) is 1.63. The molecule has 23 heavy (non-hydrogen) atoms. The zero-order valence-electron chi connectivity index (χ0n) is 13.4. The normalized spacial score (nSPS) is 16.8. The number of carbonyl (C=O) groups is 1. The topological polar surface area (TPSA) is 51.4 Å². The van der Waals surface area contributed by atoms with Gasteiger partial charge in [-0.3, -0.25) is 9.69 Å². The van der Waals surface area contributed by atoms with Crippen LogP contribution in [-0.2, 0) is 11.2 Å². The van der Waals surface area contributed by atoms with E-state index >= 15 is 0 Å². The van der Waals surface area contributed by atoms with Crippen LogP contribution < -0.4 is 5.32 Å². The quantitative estimate of drug-likeness (QED) is 0.871. The predicted octanol–water partition coefficient (Wildman–Crippen LogP) is 1.21. The van der Waals surface area contributed by atoms with Crippen molar-refractivity contribution in [1.29, 1.82) is 0 Å². The molecule has 0 radical (unpaired) electrons. The monoisotopic (exact) mass is 318 g/mol. The van der Waals surface area contributed by atoms with E-state index in [0.717, 1.165) is 49.2 Å². The molecule has 0 unspecified atom stereocenters. The molecule has 6 heteroatoms. The number of halogens is 1. The molecule has 2 N–H and O–H groups in total. The fraction of sp³-hybridized carbons (Fsp3) is 0.471. The summed E-state index contributed by atoms with van der Waals surface area (Å²) in [4.78, 5) is 19.8. The Morgan fingerprint density at radius 1 is 1.30 bits per heavy atom. The molecule has 1 amide bonds. The van der Waals surface area contributed by atoms with Crippen molar-refractivity contribution in [2.75, 3.05) is 46.3 Å². The van der Waals surface area contributed by atoms with Gasteiger partial charge < -0.3 is 15.2 Å². The second-order valence-corrected chi connectivity index (χ2v) is 6.18. The molecule has 1 saturated heterocycles. The molecule has 1 aliphatic heterocycles. The summed E-state index contributed by atoms with van der Waals surface area (Å²) < 4.78 is 13.2. The number of nitrogens with one attached hydrogen (secondary N) is 2. The van der Waals surface area contributed by atoms with Crippen LogP contribution in [0.15, 0.2) is 24.4 Å². The van der Waals surface area contributed by atoms with Crippen LogP contribution in [0.2, 0.25) is 0 Å². The number of H-pyrrole nitrogens is 1. The van der Waals surface area contributed by atoms with Crippen LogP contribution in [-0.4, -0.2) is 67.0 Å². The van der Waals surface area contributed by atoms with Gasteiger partial charge in [-0.15, -0.1) is 0 Å². The highest BCUT2D eigenvalue weighted by Crippen LogP contribution is 2.19. The standard InChI is InChI=1S/C17H23FN4O/c1-21-6-8-22(9-7-21)5-4-19-17(23)10-13-12-20-16-11-14(18)2-3-15(13)16/h2-3,11-12,20H,4-10H2,1H3,(H,19,23). The van der Waals surface area contributed by atoms with E-state index in [1.165, 1.54) is 12.1 Å². The van der Waals surface area contributed by atoms with Gasteiger partial charge in [0, 0.05) is 56.4 Å². The Balaban J connectivity index is 1.47. The number of benzene rings is 1. The summed E-state index contributed by atoms with van der Waals surface area (Å²) in [5.74, 6) is -0.271. The van der Waals surface area contributed by atoms with Crippen molar-refractivity contribution in [3.63, 3.8) is 0 Å². The molecule has 3 rings (SSSR count). The number of aromatic amines is 1.